The van der Waals surface area contributed by atoms with Gasteiger partial charge in [0.2, 0.25) is 29.3 Å². The average molecular weight is 1470 g/mol. The summed E-state index contributed by atoms with van der Waals surface area (Å²) in [4.78, 5) is 64.7. The van der Waals surface area contributed by atoms with Crippen LogP contribution in [0.4, 0.5) is 0 Å². The van der Waals surface area contributed by atoms with E-state index in [1.165, 1.54) is 109 Å². The fraction of sp³-hybridized carbons (Fsp3) is 0.900. The molecule has 4 fully saturated rings. The maximum Gasteiger partial charge on any atom is 0.220 e. The van der Waals surface area contributed by atoms with Crippen molar-refractivity contribution in [3.63, 3.8) is 0 Å². The van der Waals surface area contributed by atoms with E-state index in [9.17, 15) is 106 Å². The van der Waals surface area contributed by atoms with Crippen LogP contribution in [0.15, 0.2) is 12.2 Å². The minimum absolute atomic E-state index is 0.150. The Morgan fingerprint density at radius 1 is 0.539 bits per heavy atom. The van der Waals surface area contributed by atoms with E-state index in [-0.39, 0.29) is 12.3 Å². The molecule has 0 aromatic rings. The van der Waals surface area contributed by atoms with Crippen LogP contribution in [0.2, 0.25) is 0 Å². The number of aliphatic hydroxyl groups excluding tert-OH is 14. The zero-order valence-electron chi connectivity index (χ0n) is 60.0. The van der Waals surface area contributed by atoms with E-state index in [1.807, 2.05) is 6.08 Å². The SMILES string of the molecule is CCCCCCCCCCCCCC=CC(O)C(COC1OC(CO)C(OC2OC(CO)C(O)C(OC3(C(=O)[O-])CC(O)C(NC(C)=O)C(C(O)C(CO)OC4(C(=O)[O-])CC(O)C(NC(C)=O)C(C(O)C(O)CO)O4)O3)C2O)C(O)C1O)NC(=O)CCCCCCCCCCCCCCCCC. The van der Waals surface area contributed by atoms with Gasteiger partial charge in [0, 0.05) is 33.1 Å². The van der Waals surface area contributed by atoms with Gasteiger partial charge in [-0.3, -0.25) is 14.4 Å². The highest BCUT2D eigenvalue weighted by molar-refractivity contribution is 5.77. The van der Waals surface area contributed by atoms with Gasteiger partial charge in [0.25, 0.3) is 0 Å². The molecule has 102 heavy (non-hydrogen) atoms. The third-order valence-electron chi connectivity index (χ3n) is 19.4. The number of carboxylic acids is 2. The third kappa shape index (κ3) is 28.4. The molecule has 0 bridgehead atoms. The number of hydrogen-bond acceptors (Lipinski definition) is 29. The van der Waals surface area contributed by atoms with Crippen molar-refractivity contribution in [2.45, 2.75) is 366 Å². The average Bonchev–Trinajstić information content (AvgIpc) is 0.761. The van der Waals surface area contributed by atoms with Crippen molar-refractivity contribution in [2.75, 3.05) is 33.0 Å². The number of hydrogen-bond donors (Lipinski definition) is 17. The topological polar surface area (TPSA) is 525 Å². The molecule has 17 N–H and O–H groups in total. The molecule has 0 aliphatic carbocycles. The molecule has 24 unspecified atom stereocenters. The zero-order chi connectivity index (χ0) is 75.5. The summed E-state index contributed by atoms with van der Waals surface area (Å²) in [6, 6.07) is -4.81. The van der Waals surface area contributed by atoms with Gasteiger partial charge in [-0.15, -0.1) is 0 Å². The number of aliphatic hydroxyl groups is 14. The van der Waals surface area contributed by atoms with E-state index in [0.29, 0.717) is 12.8 Å². The second-order valence-electron chi connectivity index (χ2n) is 27.9. The second kappa shape index (κ2) is 47.8. The Kier molecular flexibility index (Phi) is 42.5. The Balaban J connectivity index is 1.50. The normalized spacial score (nSPS) is 31.7. The highest BCUT2D eigenvalue weighted by Crippen LogP contribution is 2.41. The molecule has 0 saturated carbocycles. The van der Waals surface area contributed by atoms with Gasteiger partial charge in [-0.1, -0.05) is 180 Å². The Bertz CT molecular complexity index is 2410. The van der Waals surface area contributed by atoms with Gasteiger partial charge in [0.15, 0.2) is 12.6 Å². The largest absolute Gasteiger partial charge is 0.544 e. The molecule has 0 spiro atoms. The molecule has 4 saturated heterocycles. The van der Waals surface area contributed by atoms with E-state index in [4.69, 9.17) is 37.9 Å². The van der Waals surface area contributed by atoms with E-state index in [1.54, 1.807) is 6.08 Å². The van der Waals surface area contributed by atoms with E-state index < -0.39 is 216 Å². The smallest absolute Gasteiger partial charge is 0.220 e. The number of carboxylic acid groups (broad SMARTS) is 2. The number of aliphatic carboxylic acids is 2. The first-order valence-electron chi connectivity index (χ1n) is 37.2. The number of carbonyl (C=O) groups is 5. The Hall–Kier alpha value is -3.79. The molecule has 24 atom stereocenters. The Labute approximate surface area is 598 Å². The highest BCUT2D eigenvalue weighted by Gasteiger charge is 2.60. The molecule has 0 radical (unpaired) electrons. The summed E-state index contributed by atoms with van der Waals surface area (Å²) in [6.07, 6.45) is -9.25. The number of allylic oxidation sites excluding steroid dienone is 1. The highest BCUT2D eigenvalue weighted by atomic mass is 16.8. The standard InChI is InChI=1S/C70H125N3O29/c1-5-7-9-11-13-15-17-19-20-22-24-26-28-30-32-34-52(84)73-44(45(80)33-31-29-27-25-23-21-18-16-14-12-10-8-6-2)41-95-65-59(89)58(88)61(51(40-77)97-65)98-66-60(90)64(56(86)49(38-75)96-66)102-70(68(93)94)36-47(82)54(72-43(4)79)63(101-70)57(87)50(39-76)99-69(67(91)92)35-46(81)53(71-42(3)78)62(100-69)55(85)48(83)37-74/h31,33,44-51,53-66,74-77,80-83,85-90H,5-30,32,34-41H2,1-4H3,(H,71,78)(H,72,79)(H,73,84)(H,91,92)(H,93,94)/p-2. The van der Waals surface area contributed by atoms with Crippen molar-refractivity contribution in [3.8, 4) is 0 Å². The molecular formula is C70H123N3O29-2. The first-order valence-corrected chi connectivity index (χ1v) is 37.2. The van der Waals surface area contributed by atoms with Crippen molar-refractivity contribution < 1.29 is 144 Å². The maximum absolute atomic E-state index is 13.5. The zero-order valence-corrected chi connectivity index (χ0v) is 60.0. The minimum Gasteiger partial charge on any atom is -0.544 e. The Morgan fingerprint density at radius 2 is 0.990 bits per heavy atom. The van der Waals surface area contributed by atoms with Crippen LogP contribution in [0.5, 0.6) is 0 Å². The van der Waals surface area contributed by atoms with Crippen molar-refractivity contribution in [2.24, 2.45) is 0 Å². The van der Waals surface area contributed by atoms with Crippen LogP contribution in [0.25, 0.3) is 0 Å². The molecule has 4 rings (SSSR count). The lowest BCUT2D eigenvalue weighted by Gasteiger charge is -2.53. The number of amides is 3. The second-order valence-corrected chi connectivity index (χ2v) is 27.9. The predicted octanol–water partition coefficient (Wildman–Crippen LogP) is -2.33. The van der Waals surface area contributed by atoms with Crippen molar-refractivity contribution in [3.05, 3.63) is 12.2 Å². The molecule has 32 heteroatoms. The van der Waals surface area contributed by atoms with E-state index in [0.717, 1.165) is 65.2 Å². The molecular weight excluding hydrogens is 1350 g/mol. The molecule has 32 nitrogen and oxygen atoms in total. The monoisotopic (exact) mass is 1470 g/mol. The number of nitrogens with one attached hydrogen (secondary N) is 3. The van der Waals surface area contributed by atoms with Crippen molar-refractivity contribution >= 4 is 29.7 Å². The summed E-state index contributed by atoms with van der Waals surface area (Å²) < 4.78 is 46.1. The van der Waals surface area contributed by atoms with Gasteiger partial charge in [0.1, 0.15) is 97.4 Å². The first-order chi connectivity index (χ1) is 48.7. The number of rotatable bonds is 52. The quantitative estimate of drug-likeness (QED) is 0.0224. The van der Waals surface area contributed by atoms with E-state index in [2.05, 4.69) is 29.8 Å². The lowest BCUT2D eigenvalue weighted by Crippen LogP contribution is -2.73. The number of carbonyl (C=O) groups excluding carboxylic acids is 5. The molecule has 0 aromatic heterocycles. The lowest BCUT2D eigenvalue weighted by atomic mass is 9.87. The van der Waals surface area contributed by atoms with Crippen LogP contribution in [-0.4, -0.2) is 280 Å². The number of unbranched alkanes of at least 4 members (excludes halogenated alkanes) is 25. The van der Waals surface area contributed by atoms with Gasteiger partial charge >= 0.3 is 0 Å². The summed E-state index contributed by atoms with van der Waals surface area (Å²) in [5.74, 6) is -13.9. The summed E-state index contributed by atoms with van der Waals surface area (Å²) in [6.45, 7) is 0.955. The first kappa shape index (κ1) is 90.6. The van der Waals surface area contributed by atoms with Crippen molar-refractivity contribution in [1.29, 1.82) is 0 Å². The minimum atomic E-state index is -3.51. The molecule has 0 aromatic carbocycles. The molecule has 594 valence electrons. The number of ether oxygens (including phenoxy) is 8. The van der Waals surface area contributed by atoms with Gasteiger partial charge in [-0.25, -0.2) is 0 Å². The fourth-order valence-electron chi connectivity index (χ4n) is 13.5. The van der Waals surface area contributed by atoms with Crippen LogP contribution >= 0.6 is 0 Å². The summed E-state index contributed by atoms with van der Waals surface area (Å²) in [5, 5.41) is 189. The van der Waals surface area contributed by atoms with Crippen LogP contribution < -0.4 is 26.2 Å². The molecule has 4 aliphatic heterocycles. The summed E-state index contributed by atoms with van der Waals surface area (Å²) in [5.41, 5.74) is 0. The Morgan fingerprint density at radius 3 is 1.45 bits per heavy atom. The third-order valence-corrected chi connectivity index (χ3v) is 19.4. The fourth-order valence-corrected chi connectivity index (χ4v) is 13.5. The molecule has 4 heterocycles. The van der Waals surface area contributed by atoms with Gasteiger partial charge in [-0.05, 0) is 19.3 Å². The van der Waals surface area contributed by atoms with Crippen LogP contribution in [0, 0.1) is 0 Å². The van der Waals surface area contributed by atoms with Crippen molar-refractivity contribution in [1.82, 2.24) is 16.0 Å². The maximum atomic E-state index is 13.5. The van der Waals surface area contributed by atoms with E-state index >= 15 is 0 Å². The summed E-state index contributed by atoms with van der Waals surface area (Å²) in [7, 11) is 0. The lowest BCUT2D eigenvalue weighted by molar-refractivity contribution is -0.415. The van der Waals surface area contributed by atoms with Gasteiger partial charge in [-0.2, -0.15) is 0 Å². The summed E-state index contributed by atoms with van der Waals surface area (Å²) >= 11 is 0. The van der Waals surface area contributed by atoms with Crippen LogP contribution in [0.3, 0.4) is 0 Å². The predicted molar refractivity (Wildman–Crippen MR) is 358 cm³/mol. The molecule has 3 amide bonds. The van der Waals surface area contributed by atoms with Gasteiger partial charge in [0.05, 0.1) is 69.5 Å². The molecule has 4 aliphatic rings. The van der Waals surface area contributed by atoms with Crippen LogP contribution in [-0.2, 0) is 61.9 Å². The van der Waals surface area contributed by atoms with Gasteiger partial charge < -0.3 is 145 Å². The van der Waals surface area contributed by atoms with Crippen LogP contribution in [0.1, 0.15) is 220 Å².